The maximum Gasteiger partial charge on any atom is 0.272 e. The van der Waals surface area contributed by atoms with Crippen LogP contribution in [0.4, 0.5) is 0 Å². The molecule has 4 rings (SSSR count). The van der Waals surface area contributed by atoms with Crippen molar-refractivity contribution >= 4 is 15.7 Å². The SMILES string of the molecule is Cc1ccc(-n2nc(C(=O)NCCCS(=O)(=O)c3ccccc3)c3c2CCC3)cc1. The number of aromatic nitrogens is 2. The predicted molar refractivity (Wildman–Crippen MR) is 116 cm³/mol. The zero-order valence-corrected chi connectivity index (χ0v) is 17.8. The molecule has 0 atom stereocenters. The van der Waals surface area contributed by atoms with Crippen LogP contribution in [-0.4, -0.2) is 36.4 Å². The van der Waals surface area contributed by atoms with E-state index in [1.54, 1.807) is 30.3 Å². The fraction of sp³-hybridized carbons (Fsp3) is 0.304. The smallest absolute Gasteiger partial charge is 0.272 e. The van der Waals surface area contributed by atoms with Crippen molar-refractivity contribution in [1.82, 2.24) is 15.1 Å². The lowest BCUT2D eigenvalue weighted by Gasteiger charge is -2.07. The normalized spacial score (nSPS) is 13.2. The van der Waals surface area contributed by atoms with Gasteiger partial charge in [-0.25, -0.2) is 13.1 Å². The van der Waals surface area contributed by atoms with Crippen molar-refractivity contribution in [3.05, 3.63) is 77.1 Å². The second-order valence-electron chi connectivity index (χ2n) is 7.62. The minimum atomic E-state index is -3.34. The Morgan fingerprint density at radius 3 is 2.53 bits per heavy atom. The molecule has 3 aromatic rings. The highest BCUT2D eigenvalue weighted by atomic mass is 32.2. The molecule has 0 aliphatic heterocycles. The van der Waals surface area contributed by atoms with Crippen LogP contribution >= 0.6 is 0 Å². The van der Waals surface area contributed by atoms with Gasteiger partial charge in [0.2, 0.25) is 0 Å². The third-order valence-corrected chi connectivity index (χ3v) is 7.22. The molecule has 0 radical (unpaired) electrons. The van der Waals surface area contributed by atoms with E-state index in [-0.39, 0.29) is 18.2 Å². The van der Waals surface area contributed by atoms with Gasteiger partial charge in [0.05, 0.1) is 16.3 Å². The summed E-state index contributed by atoms with van der Waals surface area (Å²) in [4.78, 5) is 13.1. The Morgan fingerprint density at radius 2 is 1.80 bits per heavy atom. The van der Waals surface area contributed by atoms with Crippen LogP contribution < -0.4 is 5.32 Å². The zero-order valence-electron chi connectivity index (χ0n) is 17.0. The largest absolute Gasteiger partial charge is 0.351 e. The number of hydrogen-bond acceptors (Lipinski definition) is 4. The first-order valence-electron chi connectivity index (χ1n) is 10.2. The maximum absolute atomic E-state index is 12.8. The van der Waals surface area contributed by atoms with Gasteiger partial charge in [-0.2, -0.15) is 5.10 Å². The molecule has 6 nitrogen and oxygen atoms in total. The summed E-state index contributed by atoms with van der Waals surface area (Å²) in [6.07, 6.45) is 3.10. The molecule has 1 aliphatic rings. The monoisotopic (exact) mass is 423 g/mol. The Hall–Kier alpha value is -2.93. The van der Waals surface area contributed by atoms with Gasteiger partial charge in [-0.1, -0.05) is 35.9 Å². The molecule has 0 saturated carbocycles. The molecule has 1 N–H and O–H groups in total. The van der Waals surface area contributed by atoms with E-state index in [0.29, 0.717) is 17.0 Å². The summed E-state index contributed by atoms with van der Waals surface area (Å²) in [6, 6.07) is 16.5. The topological polar surface area (TPSA) is 81.1 Å². The standard InChI is InChI=1S/C23H25N3O3S/c1-17-11-13-18(14-12-17)26-21-10-5-9-20(21)22(25-26)23(27)24-15-6-16-30(28,29)19-7-3-2-4-8-19/h2-4,7-8,11-14H,5-6,9-10,15-16H2,1H3,(H,24,27). The molecule has 1 aromatic heterocycles. The van der Waals surface area contributed by atoms with E-state index in [0.717, 1.165) is 36.2 Å². The number of aryl methyl sites for hydroxylation is 1. The van der Waals surface area contributed by atoms with Crippen molar-refractivity contribution in [1.29, 1.82) is 0 Å². The quantitative estimate of drug-likeness (QED) is 0.592. The van der Waals surface area contributed by atoms with Crippen molar-refractivity contribution in [2.24, 2.45) is 0 Å². The summed E-state index contributed by atoms with van der Waals surface area (Å²) in [5, 5.41) is 7.44. The van der Waals surface area contributed by atoms with Gasteiger partial charge in [0, 0.05) is 17.8 Å². The lowest BCUT2D eigenvalue weighted by Crippen LogP contribution is -2.27. The molecule has 0 saturated heterocycles. The third kappa shape index (κ3) is 4.16. The van der Waals surface area contributed by atoms with Gasteiger partial charge in [0.1, 0.15) is 0 Å². The number of hydrogen-bond donors (Lipinski definition) is 1. The molecule has 0 bridgehead atoms. The van der Waals surface area contributed by atoms with E-state index in [1.807, 2.05) is 35.9 Å². The van der Waals surface area contributed by atoms with E-state index < -0.39 is 9.84 Å². The van der Waals surface area contributed by atoms with E-state index >= 15 is 0 Å². The second kappa shape index (κ2) is 8.44. The summed E-state index contributed by atoms with van der Waals surface area (Å²) in [5.74, 6) is -0.246. The van der Waals surface area contributed by atoms with Crippen LogP contribution in [0, 0.1) is 6.92 Å². The van der Waals surface area contributed by atoms with Gasteiger partial charge in [-0.3, -0.25) is 4.79 Å². The molecule has 156 valence electrons. The van der Waals surface area contributed by atoms with Crippen molar-refractivity contribution in [3.8, 4) is 5.69 Å². The fourth-order valence-corrected chi connectivity index (χ4v) is 5.14. The number of nitrogens with one attached hydrogen (secondary N) is 1. The number of nitrogens with zero attached hydrogens (tertiary/aromatic N) is 2. The highest BCUT2D eigenvalue weighted by Gasteiger charge is 2.26. The average molecular weight is 424 g/mol. The lowest BCUT2D eigenvalue weighted by atomic mass is 10.2. The number of sulfone groups is 1. The molecule has 7 heteroatoms. The Morgan fingerprint density at radius 1 is 1.07 bits per heavy atom. The molecular weight excluding hydrogens is 398 g/mol. The lowest BCUT2D eigenvalue weighted by molar-refractivity contribution is 0.0947. The van der Waals surface area contributed by atoms with Crippen LogP contribution in [0.3, 0.4) is 0 Å². The molecular formula is C23H25N3O3S. The van der Waals surface area contributed by atoms with Crippen molar-refractivity contribution in [2.45, 2.75) is 37.5 Å². The van der Waals surface area contributed by atoms with Crippen LogP contribution in [-0.2, 0) is 22.7 Å². The van der Waals surface area contributed by atoms with Crippen LogP contribution in [0.25, 0.3) is 5.69 Å². The van der Waals surface area contributed by atoms with E-state index in [9.17, 15) is 13.2 Å². The average Bonchev–Trinajstić information content (AvgIpc) is 3.35. The van der Waals surface area contributed by atoms with Gasteiger partial charge in [-0.05, 0) is 56.9 Å². The Kier molecular flexibility index (Phi) is 5.72. The number of amides is 1. The number of carbonyl (C=O) groups is 1. The molecule has 0 spiro atoms. The molecule has 1 amide bonds. The van der Waals surface area contributed by atoms with Crippen LogP contribution in [0.15, 0.2) is 59.5 Å². The van der Waals surface area contributed by atoms with Crippen LogP contribution in [0.1, 0.15) is 40.2 Å². The number of carbonyl (C=O) groups excluding carboxylic acids is 1. The van der Waals surface area contributed by atoms with Gasteiger partial charge in [-0.15, -0.1) is 0 Å². The number of benzene rings is 2. The number of rotatable bonds is 7. The van der Waals surface area contributed by atoms with E-state index in [1.165, 1.54) is 5.56 Å². The summed E-state index contributed by atoms with van der Waals surface area (Å²) >= 11 is 0. The van der Waals surface area contributed by atoms with Crippen molar-refractivity contribution < 1.29 is 13.2 Å². The van der Waals surface area contributed by atoms with Crippen LogP contribution in [0.2, 0.25) is 0 Å². The molecule has 0 unspecified atom stereocenters. The van der Waals surface area contributed by atoms with Crippen LogP contribution in [0.5, 0.6) is 0 Å². The summed E-state index contributed by atoms with van der Waals surface area (Å²) in [7, 11) is -3.34. The summed E-state index contributed by atoms with van der Waals surface area (Å²) < 4.78 is 26.6. The number of fused-ring (bicyclic) bond motifs is 1. The molecule has 0 fully saturated rings. The molecule has 30 heavy (non-hydrogen) atoms. The van der Waals surface area contributed by atoms with E-state index in [2.05, 4.69) is 10.4 Å². The van der Waals surface area contributed by atoms with Crippen molar-refractivity contribution in [3.63, 3.8) is 0 Å². The molecule has 2 aromatic carbocycles. The van der Waals surface area contributed by atoms with Crippen molar-refractivity contribution in [2.75, 3.05) is 12.3 Å². The molecule has 1 aliphatic carbocycles. The Balaban J connectivity index is 1.42. The highest BCUT2D eigenvalue weighted by molar-refractivity contribution is 7.91. The summed E-state index contributed by atoms with van der Waals surface area (Å²) in [5.41, 5.74) is 4.67. The minimum Gasteiger partial charge on any atom is -0.351 e. The Bertz CT molecular complexity index is 1150. The van der Waals surface area contributed by atoms with Gasteiger partial charge >= 0.3 is 0 Å². The van der Waals surface area contributed by atoms with E-state index in [4.69, 9.17) is 0 Å². The fourth-order valence-electron chi connectivity index (χ4n) is 3.81. The van der Waals surface area contributed by atoms with Gasteiger partial charge in [0.15, 0.2) is 15.5 Å². The third-order valence-electron chi connectivity index (χ3n) is 5.40. The second-order valence-corrected chi connectivity index (χ2v) is 9.73. The zero-order chi connectivity index (χ0) is 21.1. The minimum absolute atomic E-state index is 0.00674. The highest BCUT2D eigenvalue weighted by Crippen LogP contribution is 2.28. The Labute approximate surface area is 176 Å². The first-order valence-corrected chi connectivity index (χ1v) is 11.8. The first-order chi connectivity index (χ1) is 14.5. The summed E-state index contributed by atoms with van der Waals surface area (Å²) in [6.45, 7) is 2.32. The van der Waals surface area contributed by atoms with Gasteiger partial charge < -0.3 is 5.32 Å². The van der Waals surface area contributed by atoms with Gasteiger partial charge in [0.25, 0.3) is 5.91 Å². The predicted octanol–water partition coefficient (Wildman–Crippen LogP) is 3.26. The first kappa shape index (κ1) is 20.3. The maximum atomic E-state index is 12.8. The molecule has 1 heterocycles.